The molecule has 5 heteroatoms. The fourth-order valence-corrected chi connectivity index (χ4v) is 14.7. The largest absolute Gasteiger partial charge is 0.456 e. The van der Waals surface area contributed by atoms with Crippen molar-refractivity contribution >= 4 is 84.4 Å². The number of benzene rings is 7. The highest BCUT2D eigenvalue weighted by Gasteiger charge is 2.63. The van der Waals surface area contributed by atoms with Gasteiger partial charge in [0.05, 0.1) is 16.8 Å². The number of furan rings is 2. The van der Waals surface area contributed by atoms with E-state index in [0.29, 0.717) is 0 Å². The Morgan fingerprint density at radius 2 is 1.21 bits per heavy atom. The van der Waals surface area contributed by atoms with Gasteiger partial charge in [-0.25, -0.2) is 0 Å². The lowest BCUT2D eigenvalue weighted by Gasteiger charge is -2.55. The molecule has 0 radical (unpaired) electrons. The summed E-state index contributed by atoms with van der Waals surface area (Å²) < 4.78 is 14.5. The van der Waals surface area contributed by atoms with Gasteiger partial charge in [-0.2, -0.15) is 0 Å². The second-order valence-electron chi connectivity index (χ2n) is 26.2. The van der Waals surface area contributed by atoms with Crippen molar-refractivity contribution in [2.75, 3.05) is 9.71 Å². The zero-order valence-electron chi connectivity index (χ0n) is 44.0. The first kappa shape index (κ1) is 43.6. The topological polar surface area (TPSA) is 32.8 Å². The molecule has 1 saturated carbocycles. The van der Waals surface area contributed by atoms with E-state index in [1.165, 1.54) is 107 Å². The van der Waals surface area contributed by atoms with Gasteiger partial charge in [-0.1, -0.05) is 156 Å². The number of hydrogen-bond donors (Lipinski definition) is 0. The van der Waals surface area contributed by atoms with E-state index in [-0.39, 0.29) is 39.5 Å². The minimum Gasteiger partial charge on any atom is -0.456 e. The molecule has 2 atom stereocenters. The molecule has 14 rings (SSSR count). The number of rotatable bonds is 2. The van der Waals surface area contributed by atoms with Gasteiger partial charge in [0.25, 0.3) is 0 Å². The number of hydrogen-bond acceptors (Lipinski definition) is 4. The van der Waals surface area contributed by atoms with Crippen molar-refractivity contribution in [2.45, 2.75) is 154 Å². The molecule has 71 heavy (non-hydrogen) atoms. The monoisotopic (exact) mass is 931 g/mol. The molecule has 2 aliphatic carbocycles. The molecular weight excluding hydrogens is 864 g/mol. The van der Waals surface area contributed by atoms with Crippen molar-refractivity contribution in [1.29, 1.82) is 0 Å². The van der Waals surface area contributed by atoms with E-state index in [1.54, 1.807) is 0 Å². The van der Waals surface area contributed by atoms with Gasteiger partial charge in [-0.15, -0.1) is 0 Å². The molecule has 0 saturated heterocycles. The van der Waals surface area contributed by atoms with E-state index in [0.717, 1.165) is 58.8 Å². The summed E-state index contributed by atoms with van der Waals surface area (Å²) in [6.07, 6.45) is 7.06. The Labute approximate surface area is 420 Å². The van der Waals surface area contributed by atoms with Gasteiger partial charge in [0.2, 0.25) is 0 Å². The fraction of sp³-hybridized carbons (Fsp3) is 0.364. The number of nitrogens with zero attached hydrogens (tertiary/aromatic N) is 2. The quantitative estimate of drug-likeness (QED) is 0.162. The lowest BCUT2D eigenvalue weighted by molar-refractivity contribution is 0.199. The molecule has 5 heterocycles. The van der Waals surface area contributed by atoms with E-state index in [1.807, 2.05) is 0 Å². The van der Waals surface area contributed by atoms with Crippen LogP contribution in [0, 0.1) is 0 Å². The SMILES string of the molecule is CC(C)(C)c1ccc(N2c3cc4c(oc5ccccc54)c4c3B(c3ccc5oc6cc7c(cc6c5c32)C(C)(C)CCC7(C)C)N2c3c-4cc(C(C)(C)C)cc3C3(C)CCCCC23C)c(-c2ccccc2)c1. The number of para-hydroxylation sites is 1. The van der Waals surface area contributed by atoms with Gasteiger partial charge in [0, 0.05) is 55.2 Å². The highest BCUT2D eigenvalue weighted by molar-refractivity contribution is 6.93. The summed E-state index contributed by atoms with van der Waals surface area (Å²) in [6, 6.07) is 44.7. The van der Waals surface area contributed by atoms with E-state index < -0.39 is 0 Å². The van der Waals surface area contributed by atoms with Gasteiger partial charge < -0.3 is 18.5 Å². The zero-order valence-corrected chi connectivity index (χ0v) is 44.0. The van der Waals surface area contributed by atoms with Crippen molar-refractivity contribution < 1.29 is 8.83 Å². The van der Waals surface area contributed by atoms with Gasteiger partial charge in [0.1, 0.15) is 22.3 Å². The third kappa shape index (κ3) is 5.64. The average Bonchev–Trinajstić information content (AvgIpc) is 3.97. The van der Waals surface area contributed by atoms with E-state index in [9.17, 15) is 0 Å². The van der Waals surface area contributed by atoms with Gasteiger partial charge in [-0.3, -0.25) is 0 Å². The molecular formula is C66H67BN2O2. The molecule has 0 amide bonds. The normalized spacial score (nSPS) is 21.7. The summed E-state index contributed by atoms with van der Waals surface area (Å²) in [5, 5.41) is 4.72. The van der Waals surface area contributed by atoms with Gasteiger partial charge in [0.15, 0.2) is 0 Å². The molecule has 356 valence electrons. The Morgan fingerprint density at radius 3 is 1.96 bits per heavy atom. The molecule has 4 nitrogen and oxygen atoms in total. The second kappa shape index (κ2) is 13.8. The first-order chi connectivity index (χ1) is 33.7. The summed E-state index contributed by atoms with van der Waals surface area (Å²) in [5.74, 6) is 0. The highest BCUT2D eigenvalue weighted by Crippen LogP contribution is 2.65. The molecule has 9 aromatic rings. The lowest BCUT2D eigenvalue weighted by atomic mass is 9.42. The van der Waals surface area contributed by atoms with Crippen LogP contribution in [0.15, 0.2) is 124 Å². The number of fused-ring (bicyclic) bond motifs is 16. The van der Waals surface area contributed by atoms with Crippen molar-refractivity contribution in [3.63, 3.8) is 0 Å². The van der Waals surface area contributed by atoms with Gasteiger partial charge >= 0.3 is 6.85 Å². The molecule has 0 N–H and O–H groups in total. The van der Waals surface area contributed by atoms with Crippen LogP contribution in [0.3, 0.4) is 0 Å². The smallest absolute Gasteiger partial charge is 0.329 e. The Balaban J connectivity index is 1.20. The van der Waals surface area contributed by atoms with Crippen LogP contribution in [0.1, 0.15) is 149 Å². The molecule has 7 aromatic carbocycles. The van der Waals surface area contributed by atoms with Crippen LogP contribution in [-0.2, 0) is 27.1 Å². The molecule has 2 unspecified atom stereocenters. The number of anilines is 4. The third-order valence-electron chi connectivity index (χ3n) is 19.2. The van der Waals surface area contributed by atoms with Crippen LogP contribution in [-0.4, -0.2) is 12.4 Å². The van der Waals surface area contributed by atoms with Crippen LogP contribution in [0.4, 0.5) is 22.7 Å². The maximum atomic E-state index is 7.30. The standard InChI is InChI=1S/C66H67BN2O2/c1-61(2,3)39-24-26-50(42(32-39)38-20-14-13-15-21-38)68-51-36-43-41-22-16-17-23-52(41)71-60(43)56-45-33-40(62(4,5)6)34-48-58(45)69(66(12)29-19-18-28-65(48,66)11)67(57(51)56)49-25-27-53-55(59(49)68)44-35-46-47(37-54(44)70-53)64(9,10)31-30-63(46,7)8/h13-17,20-27,32-37H,18-19,28-31H2,1-12H3. The summed E-state index contributed by atoms with van der Waals surface area (Å²) in [7, 11) is 0. The Bertz CT molecular complexity index is 3800. The van der Waals surface area contributed by atoms with Gasteiger partial charge in [-0.05, 0) is 147 Å². The van der Waals surface area contributed by atoms with Crippen LogP contribution in [0.5, 0.6) is 0 Å². The molecule has 2 aromatic heterocycles. The maximum absolute atomic E-state index is 7.30. The molecule has 0 spiro atoms. The summed E-state index contributed by atoms with van der Waals surface area (Å²) >= 11 is 0. The maximum Gasteiger partial charge on any atom is 0.329 e. The Morgan fingerprint density at radius 1 is 0.521 bits per heavy atom. The molecule has 5 aliphatic rings. The molecule has 1 fully saturated rings. The third-order valence-corrected chi connectivity index (χ3v) is 19.2. The van der Waals surface area contributed by atoms with E-state index in [4.69, 9.17) is 8.83 Å². The van der Waals surface area contributed by atoms with Crippen LogP contribution >= 0.6 is 0 Å². The average molecular weight is 931 g/mol. The van der Waals surface area contributed by atoms with Crippen LogP contribution in [0.25, 0.3) is 66.1 Å². The van der Waals surface area contributed by atoms with E-state index in [2.05, 4.69) is 208 Å². The molecule has 3 aliphatic heterocycles. The second-order valence-corrected chi connectivity index (χ2v) is 26.2. The zero-order chi connectivity index (χ0) is 49.1. The summed E-state index contributed by atoms with van der Waals surface area (Å²) in [4.78, 5) is 5.67. The fourth-order valence-electron chi connectivity index (χ4n) is 14.7. The van der Waals surface area contributed by atoms with E-state index >= 15 is 0 Å². The minimum absolute atomic E-state index is 0.0286. The first-order valence-electron chi connectivity index (χ1n) is 26.7. The Kier molecular flexibility index (Phi) is 8.50. The van der Waals surface area contributed by atoms with Crippen molar-refractivity contribution in [3.8, 4) is 22.3 Å². The summed E-state index contributed by atoms with van der Waals surface area (Å²) in [5.41, 5.74) is 23.4. The summed E-state index contributed by atoms with van der Waals surface area (Å²) in [6.45, 7) is 29.1. The van der Waals surface area contributed by atoms with Crippen molar-refractivity contribution in [2.24, 2.45) is 0 Å². The highest BCUT2D eigenvalue weighted by atomic mass is 16.3. The molecule has 0 bridgehead atoms. The van der Waals surface area contributed by atoms with Crippen molar-refractivity contribution in [1.82, 2.24) is 0 Å². The predicted molar refractivity (Wildman–Crippen MR) is 301 cm³/mol. The van der Waals surface area contributed by atoms with Crippen molar-refractivity contribution in [3.05, 3.63) is 143 Å². The first-order valence-corrected chi connectivity index (χ1v) is 26.7. The predicted octanol–water partition coefficient (Wildman–Crippen LogP) is 17.1. The van der Waals surface area contributed by atoms with Crippen LogP contribution < -0.4 is 20.6 Å². The van der Waals surface area contributed by atoms with Crippen LogP contribution in [0.2, 0.25) is 0 Å². The Hall–Kier alpha value is -6.20. The lowest BCUT2D eigenvalue weighted by Crippen LogP contribution is -2.70. The minimum atomic E-state index is -0.146.